The smallest absolute Gasteiger partial charge is 0.274 e. The lowest BCUT2D eigenvalue weighted by molar-refractivity contribution is 0.0785. The molecule has 0 saturated carbocycles. The zero-order chi connectivity index (χ0) is 18.4. The first-order valence-corrected chi connectivity index (χ1v) is 10.0. The number of nitrogens with zero attached hydrogens (tertiary/aromatic N) is 3. The number of likely N-dealkylation sites (tertiary alicyclic amines) is 1. The van der Waals surface area contributed by atoms with Gasteiger partial charge in [0.15, 0.2) is 5.69 Å². The fraction of sp³-hybridized carbons (Fsp3) is 0.700. The summed E-state index contributed by atoms with van der Waals surface area (Å²) >= 11 is 0. The zero-order valence-corrected chi connectivity index (χ0v) is 16.0. The molecule has 1 N–H and O–H groups in total. The number of nitrogens with one attached hydrogen (secondary N) is 1. The van der Waals surface area contributed by atoms with Gasteiger partial charge in [-0.25, -0.2) is 0 Å². The van der Waals surface area contributed by atoms with E-state index in [9.17, 15) is 4.79 Å². The van der Waals surface area contributed by atoms with Crippen LogP contribution in [0.4, 0.5) is 0 Å². The molecule has 6 nitrogen and oxygen atoms in total. The van der Waals surface area contributed by atoms with Crippen LogP contribution in [0.25, 0.3) is 0 Å². The maximum atomic E-state index is 13.0. The maximum absolute atomic E-state index is 13.0. The van der Waals surface area contributed by atoms with Gasteiger partial charge in [-0.2, -0.15) is 5.10 Å². The molecule has 144 valence electrons. The normalized spacial score (nSPS) is 19.6. The number of hydrogen-bond acceptors (Lipinski definition) is 4. The van der Waals surface area contributed by atoms with Crippen LogP contribution in [-0.4, -0.2) is 59.5 Å². The molecule has 0 radical (unpaired) electrons. The van der Waals surface area contributed by atoms with Gasteiger partial charge in [-0.3, -0.25) is 9.48 Å². The van der Waals surface area contributed by atoms with Crippen LogP contribution in [0.1, 0.15) is 54.4 Å². The molecule has 2 heterocycles. The van der Waals surface area contributed by atoms with Gasteiger partial charge >= 0.3 is 0 Å². The number of amides is 1. The van der Waals surface area contributed by atoms with E-state index >= 15 is 0 Å². The second kappa shape index (κ2) is 9.33. The van der Waals surface area contributed by atoms with E-state index in [1.165, 1.54) is 5.69 Å². The molecule has 3 rings (SSSR count). The van der Waals surface area contributed by atoms with Crippen molar-refractivity contribution >= 4 is 5.91 Å². The summed E-state index contributed by atoms with van der Waals surface area (Å²) in [6.07, 6.45) is 8.02. The van der Waals surface area contributed by atoms with Crippen molar-refractivity contribution in [2.75, 3.05) is 32.8 Å². The summed E-state index contributed by atoms with van der Waals surface area (Å²) in [4.78, 5) is 14.9. The van der Waals surface area contributed by atoms with Crippen molar-refractivity contribution < 1.29 is 9.53 Å². The van der Waals surface area contributed by atoms with E-state index in [0.717, 1.165) is 76.9 Å². The molecule has 0 unspecified atom stereocenters. The molecule has 0 bridgehead atoms. The van der Waals surface area contributed by atoms with Crippen molar-refractivity contribution in [3.63, 3.8) is 0 Å². The van der Waals surface area contributed by atoms with Crippen molar-refractivity contribution in [1.29, 1.82) is 0 Å². The van der Waals surface area contributed by atoms with Crippen LogP contribution in [0.5, 0.6) is 0 Å². The monoisotopic (exact) mass is 360 g/mol. The summed E-state index contributed by atoms with van der Waals surface area (Å²) in [5.41, 5.74) is 3.04. The predicted molar refractivity (Wildman–Crippen MR) is 102 cm³/mol. The van der Waals surface area contributed by atoms with Crippen LogP contribution < -0.4 is 5.32 Å². The number of aromatic nitrogens is 2. The Kier molecular flexibility index (Phi) is 6.86. The van der Waals surface area contributed by atoms with Crippen LogP contribution in [0.15, 0.2) is 12.7 Å². The molecular weight excluding hydrogens is 328 g/mol. The number of carbonyl (C=O) groups excluding carboxylic acids is 1. The van der Waals surface area contributed by atoms with Gasteiger partial charge in [-0.1, -0.05) is 6.08 Å². The van der Waals surface area contributed by atoms with Crippen LogP contribution >= 0.6 is 0 Å². The summed E-state index contributed by atoms with van der Waals surface area (Å²) in [5.74, 6) is 0.110. The van der Waals surface area contributed by atoms with Crippen molar-refractivity contribution in [2.24, 2.45) is 0 Å². The molecule has 26 heavy (non-hydrogen) atoms. The molecule has 2 aliphatic rings. The molecule has 1 aliphatic heterocycles. The van der Waals surface area contributed by atoms with Gasteiger partial charge < -0.3 is 15.0 Å². The Morgan fingerprint density at radius 1 is 1.42 bits per heavy atom. The summed E-state index contributed by atoms with van der Waals surface area (Å²) in [7, 11) is 0. The highest BCUT2D eigenvalue weighted by molar-refractivity contribution is 5.94. The van der Waals surface area contributed by atoms with Gasteiger partial charge in [0.25, 0.3) is 5.91 Å². The van der Waals surface area contributed by atoms with Gasteiger partial charge in [0.2, 0.25) is 0 Å². The fourth-order valence-corrected chi connectivity index (χ4v) is 4.00. The van der Waals surface area contributed by atoms with Gasteiger partial charge in [0.1, 0.15) is 0 Å². The number of allylic oxidation sites excluding steroid dienone is 1. The standard InChI is InChI=1S/C20H32N4O2/c1-3-11-24-18-9-8-16(21-10-7-14-26-4-2)15-17(18)19(22-24)20(25)23-12-5-6-13-23/h3,16,21H,1,4-15H2,2H3/t16-/m1/s1. The third-order valence-electron chi connectivity index (χ3n) is 5.35. The van der Waals surface area contributed by atoms with E-state index in [4.69, 9.17) is 4.74 Å². The van der Waals surface area contributed by atoms with Gasteiger partial charge in [0.05, 0.1) is 6.54 Å². The molecule has 1 aliphatic carbocycles. The number of carbonyl (C=O) groups is 1. The molecule has 1 atom stereocenters. The lowest BCUT2D eigenvalue weighted by atomic mass is 9.91. The molecule has 0 spiro atoms. The molecule has 0 aromatic carbocycles. The minimum absolute atomic E-state index is 0.110. The molecule has 6 heteroatoms. The summed E-state index contributed by atoms with van der Waals surface area (Å²) in [6.45, 7) is 10.8. The van der Waals surface area contributed by atoms with Gasteiger partial charge in [-0.05, 0) is 52.0 Å². The highest BCUT2D eigenvalue weighted by Crippen LogP contribution is 2.27. The predicted octanol–water partition coefficient (Wildman–Crippen LogP) is 2.18. The Bertz CT molecular complexity index is 620. The van der Waals surface area contributed by atoms with Crippen molar-refractivity contribution in [1.82, 2.24) is 20.0 Å². The quantitative estimate of drug-likeness (QED) is 0.542. The Morgan fingerprint density at radius 3 is 2.96 bits per heavy atom. The van der Waals surface area contributed by atoms with E-state index in [1.807, 2.05) is 22.6 Å². The van der Waals surface area contributed by atoms with Crippen molar-refractivity contribution in [2.45, 2.75) is 58.0 Å². The van der Waals surface area contributed by atoms with E-state index in [0.29, 0.717) is 18.3 Å². The Hall–Kier alpha value is -1.66. The average molecular weight is 361 g/mol. The van der Waals surface area contributed by atoms with Crippen LogP contribution in [-0.2, 0) is 24.1 Å². The highest BCUT2D eigenvalue weighted by Gasteiger charge is 2.31. The molecule has 1 aromatic rings. The number of fused-ring (bicyclic) bond motifs is 1. The molecule has 1 saturated heterocycles. The number of ether oxygens (including phenoxy) is 1. The van der Waals surface area contributed by atoms with Gasteiger partial charge in [0, 0.05) is 43.6 Å². The SMILES string of the molecule is C=CCn1nc(C(=O)N2CCCC2)c2c1CC[C@@H](NCCCOCC)C2. The van der Waals surface area contributed by atoms with Crippen LogP contribution in [0.3, 0.4) is 0 Å². The lowest BCUT2D eigenvalue weighted by Crippen LogP contribution is -2.37. The zero-order valence-electron chi connectivity index (χ0n) is 16.0. The van der Waals surface area contributed by atoms with Crippen LogP contribution in [0.2, 0.25) is 0 Å². The van der Waals surface area contributed by atoms with Gasteiger partial charge in [-0.15, -0.1) is 6.58 Å². The third kappa shape index (κ3) is 4.35. The largest absolute Gasteiger partial charge is 0.382 e. The van der Waals surface area contributed by atoms with Crippen molar-refractivity contribution in [3.05, 3.63) is 29.6 Å². The van der Waals surface area contributed by atoms with E-state index in [2.05, 4.69) is 17.0 Å². The first kappa shape index (κ1) is 19.1. The highest BCUT2D eigenvalue weighted by atomic mass is 16.5. The lowest BCUT2D eigenvalue weighted by Gasteiger charge is -2.25. The summed E-state index contributed by atoms with van der Waals surface area (Å²) in [5, 5.41) is 8.32. The summed E-state index contributed by atoms with van der Waals surface area (Å²) in [6, 6.07) is 0.413. The Morgan fingerprint density at radius 2 is 2.23 bits per heavy atom. The van der Waals surface area contributed by atoms with Crippen LogP contribution in [0, 0.1) is 0 Å². The minimum Gasteiger partial charge on any atom is -0.382 e. The average Bonchev–Trinajstić information content (AvgIpc) is 3.30. The third-order valence-corrected chi connectivity index (χ3v) is 5.35. The van der Waals surface area contributed by atoms with E-state index < -0.39 is 0 Å². The topological polar surface area (TPSA) is 59.4 Å². The number of hydrogen-bond donors (Lipinski definition) is 1. The first-order chi connectivity index (χ1) is 12.7. The number of rotatable bonds is 9. The van der Waals surface area contributed by atoms with E-state index in [1.54, 1.807) is 0 Å². The fourth-order valence-electron chi connectivity index (χ4n) is 4.00. The minimum atomic E-state index is 0.110. The van der Waals surface area contributed by atoms with Crippen molar-refractivity contribution in [3.8, 4) is 0 Å². The summed E-state index contributed by atoms with van der Waals surface area (Å²) < 4.78 is 7.39. The molecule has 1 amide bonds. The second-order valence-corrected chi connectivity index (χ2v) is 7.19. The van der Waals surface area contributed by atoms with E-state index in [-0.39, 0.29) is 5.91 Å². The molecule has 1 aromatic heterocycles. The molecule has 1 fully saturated rings. The molecular formula is C20H32N4O2. The Labute approximate surface area is 156 Å². The second-order valence-electron chi connectivity index (χ2n) is 7.19. The maximum Gasteiger partial charge on any atom is 0.274 e. The Balaban J connectivity index is 1.69. The first-order valence-electron chi connectivity index (χ1n) is 10.0.